The maximum Gasteiger partial charge on any atom is 0.307 e. The minimum absolute atomic E-state index is 0.0264. The van der Waals surface area contributed by atoms with Crippen LogP contribution in [0.25, 0.3) is 0 Å². The number of halogens is 2. The summed E-state index contributed by atoms with van der Waals surface area (Å²) in [6.07, 6.45) is 9.67. The van der Waals surface area contributed by atoms with Crippen molar-refractivity contribution in [3.8, 4) is 5.75 Å². The van der Waals surface area contributed by atoms with Gasteiger partial charge in [-0.3, -0.25) is 24.2 Å². The number of hydrogen-bond donors (Lipinski definition) is 1. The second kappa shape index (κ2) is 19.7. The molecule has 0 atom stereocenters. The summed E-state index contributed by atoms with van der Waals surface area (Å²) in [7, 11) is 0. The molecule has 11 heteroatoms. The van der Waals surface area contributed by atoms with Gasteiger partial charge in [-0.05, 0) is 62.4 Å². The SMILES string of the molecule is CCCCCCCC(=O)NCCCC(=O)OCN1C(=O)CCc2ccc(OCCCCN3CCN(c4cccc(Cl)c4Cl)CC3)cc21. The molecular weight excluding hydrogens is 639 g/mol. The molecule has 0 aromatic heterocycles. The molecule has 0 saturated carbocycles. The Morgan fingerprint density at radius 3 is 2.49 bits per heavy atom. The largest absolute Gasteiger partial charge is 0.494 e. The van der Waals surface area contributed by atoms with Crippen molar-refractivity contribution in [1.82, 2.24) is 10.2 Å². The molecule has 1 N–H and O–H groups in total. The van der Waals surface area contributed by atoms with Crippen LogP contribution in [-0.2, 0) is 25.5 Å². The lowest BCUT2D eigenvalue weighted by atomic mass is 10.0. The Morgan fingerprint density at radius 2 is 1.68 bits per heavy atom. The lowest BCUT2D eigenvalue weighted by molar-refractivity contribution is -0.144. The molecule has 0 radical (unpaired) electrons. The first-order valence-electron chi connectivity index (χ1n) is 17.3. The molecule has 9 nitrogen and oxygen atoms in total. The van der Waals surface area contributed by atoms with E-state index < -0.39 is 0 Å². The number of piperazine rings is 1. The number of nitrogens with one attached hydrogen (secondary N) is 1. The van der Waals surface area contributed by atoms with Gasteiger partial charge in [0, 0.05) is 58.1 Å². The lowest BCUT2D eigenvalue weighted by Gasteiger charge is -2.36. The predicted octanol–water partition coefficient (Wildman–Crippen LogP) is 7.01. The van der Waals surface area contributed by atoms with E-state index >= 15 is 0 Å². The van der Waals surface area contributed by atoms with Gasteiger partial charge in [0.2, 0.25) is 11.8 Å². The van der Waals surface area contributed by atoms with Crippen LogP contribution in [0.1, 0.15) is 83.1 Å². The summed E-state index contributed by atoms with van der Waals surface area (Å²) in [5.74, 6) is 0.258. The Kier molecular flexibility index (Phi) is 15.5. The number of unbranched alkanes of at least 4 members (excludes halogenated alkanes) is 5. The fourth-order valence-corrected chi connectivity index (χ4v) is 6.39. The van der Waals surface area contributed by atoms with E-state index in [0.29, 0.717) is 54.6 Å². The lowest BCUT2D eigenvalue weighted by Crippen LogP contribution is -2.46. The van der Waals surface area contributed by atoms with Crippen molar-refractivity contribution in [1.29, 1.82) is 0 Å². The Labute approximate surface area is 289 Å². The number of anilines is 2. The third kappa shape index (κ3) is 11.9. The Balaban J connectivity index is 1.12. The van der Waals surface area contributed by atoms with Crippen LogP contribution in [0.5, 0.6) is 5.75 Å². The number of ether oxygens (including phenoxy) is 2. The van der Waals surface area contributed by atoms with Gasteiger partial charge in [-0.2, -0.15) is 0 Å². The predicted molar refractivity (Wildman–Crippen MR) is 189 cm³/mol. The van der Waals surface area contributed by atoms with Gasteiger partial charge in [-0.15, -0.1) is 0 Å². The molecule has 0 aliphatic carbocycles. The van der Waals surface area contributed by atoms with Gasteiger partial charge in [-0.1, -0.05) is 67.9 Å². The van der Waals surface area contributed by atoms with Gasteiger partial charge in [0.05, 0.1) is 28.0 Å². The van der Waals surface area contributed by atoms with Crippen LogP contribution in [-0.4, -0.2) is 75.3 Å². The molecule has 0 bridgehead atoms. The van der Waals surface area contributed by atoms with E-state index in [-0.39, 0.29) is 30.9 Å². The number of carbonyl (C=O) groups excluding carboxylic acids is 3. The third-order valence-electron chi connectivity index (χ3n) is 8.78. The highest BCUT2D eigenvalue weighted by Gasteiger charge is 2.26. The van der Waals surface area contributed by atoms with E-state index in [1.807, 2.05) is 36.4 Å². The maximum atomic E-state index is 12.8. The van der Waals surface area contributed by atoms with Crippen molar-refractivity contribution in [2.75, 3.05) is 62.4 Å². The summed E-state index contributed by atoms with van der Waals surface area (Å²) < 4.78 is 11.5. The van der Waals surface area contributed by atoms with Crippen LogP contribution in [0.4, 0.5) is 11.4 Å². The number of fused-ring (bicyclic) bond motifs is 1. The number of aryl methyl sites for hydroxylation is 1. The molecule has 47 heavy (non-hydrogen) atoms. The quantitative estimate of drug-likeness (QED) is 0.125. The van der Waals surface area contributed by atoms with Gasteiger partial charge >= 0.3 is 5.97 Å². The van der Waals surface area contributed by atoms with E-state index in [1.165, 1.54) is 17.7 Å². The first-order valence-corrected chi connectivity index (χ1v) is 18.0. The number of nitrogens with zero attached hydrogens (tertiary/aromatic N) is 3. The molecule has 2 aliphatic heterocycles. The second-order valence-electron chi connectivity index (χ2n) is 12.3. The van der Waals surface area contributed by atoms with Crippen molar-refractivity contribution in [3.63, 3.8) is 0 Å². The van der Waals surface area contributed by atoms with E-state index in [2.05, 4.69) is 22.0 Å². The normalized spacial score (nSPS) is 15.0. The van der Waals surface area contributed by atoms with Crippen LogP contribution >= 0.6 is 23.2 Å². The highest BCUT2D eigenvalue weighted by Crippen LogP contribution is 2.33. The van der Waals surface area contributed by atoms with Crippen molar-refractivity contribution >= 4 is 52.4 Å². The molecular formula is C36H50Cl2N4O5. The van der Waals surface area contributed by atoms with Gasteiger partial charge in [0.15, 0.2) is 6.73 Å². The molecule has 0 unspecified atom stereocenters. The van der Waals surface area contributed by atoms with E-state index in [1.54, 1.807) is 0 Å². The molecule has 2 aromatic rings. The molecule has 2 aromatic carbocycles. The molecule has 1 saturated heterocycles. The zero-order valence-corrected chi connectivity index (χ0v) is 29.3. The monoisotopic (exact) mass is 688 g/mol. The van der Waals surface area contributed by atoms with Crippen LogP contribution in [0.15, 0.2) is 36.4 Å². The first kappa shape index (κ1) is 36.8. The molecule has 2 aliphatic rings. The zero-order valence-electron chi connectivity index (χ0n) is 27.7. The minimum Gasteiger partial charge on any atom is -0.494 e. The standard InChI is InChI=1S/C36H50Cl2N4O5/c1-2-3-4-5-6-13-33(43)39-19-10-14-35(45)47-27-42-32-26-29(17-15-28(32)16-18-34(42)44)46-25-8-7-20-40-21-23-41(24-22-40)31-12-9-11-30(37)36(31)38/h9,11-12,15,17,26H,2-8,10,13-14,16,18-25,27H2,1H3,(H,39,43). The van der Waals surface area contributed by atoms with Gasteiger partial charge < -0.3 is 19.7 Å². The number of carbonyl (C=O) groups is 3. The summed E-state index contributed by atoms with van der Waals surface area (Å²) in [6, 6.07) is 11.6. The van der Waals surface area contributed by atoms with Crippen LogP contribution in [0.2, 0.25) is 10.0 Å². The zero-order chi connectivity index (χ0) is 33.4. The maximum absolute atomic E-state index is 12.8. The minimum atomic E-state index is -0.388. The average Bonchev–Trinajstić information content (AvgIpc) is 3.07. The van der Waals surface area contributed by atoms with Crippen molar-refractivity contribution in [2.45, 2.75) is 84.0 Å². The van der Waals surface area contributed by atoms with Gasteiger partial charge in [-0.25, -0.2) is 0 Å². The molecule has 1 fully saturated rings. The summed E-state index contributed by atoms with van der Waals surface area (Å²) >= 11 is 12.6. The van der Waals surface area contributed by atoms with Gasteiger partial charge in [0.25, 0.3) is 0 Å². The highest BCUT2D eigenvalue weighted by molar-refractivity contribution is 6.43. The molecule has 258 valence electrons. The third-order valence-corrected chi connectivity index (χ3v) is 9.59. The van der Waals surface area contributed by atoms with E-state index in [9.17, 15) is 14.4 Å². The number of rotatable bonds is 19. The number of hydrogen-bond acceptors (Lipinski definition) is 7. The Morgan fingerprint density at radius 1 is 0.872 bits per heavy atom. The number of benzene rings is 2. The summed E-state index contributed by atoms with van der Waals surface area (Å²) in [5.41, 5.74) is 2.76. The van der Waals surface area contributed by atoms with Crippen molar-refractivity contribution < 1.29 is 23.9 Å². The smallest absolute Gasteiger partial charge is 0.307 e. The second-order valence-corrected chi connectivity index (χ2v) is 13.1. The fraction of sp³-hybridized carbons (Fsp3) is 0.583. The first-order chi connectivity index (χ1) is 22.9. The molecule has 2 heterocycles. The molecule has 0 spiro atoms. The summed E-state index contributed by atoms with van der Waals surface area (Å²) in [5, 5.41) is 4.08. The number of amides is 2. The molecule has 4 rings (SSSR count). The van der Waals surface area contributed by atoms with Crippen molar-refractivity contribution in [2.24, 2.45) is 0 Å². The van der Waals surface area contributed by atoms with Gasteiger partial charge in [0.1, 0.15) is 5.75 Å². The van der Waals surface area contributed by atoms with Crippen LogP contribution < -0.4 is 19.9 Å². The summed E-state index contributed by atoms with van der Waals surface area (Å²) in [4.78, 5) is 43.4. The average molecular weight is 690 g/mol. The summed E-state index contributed by atoms with van der Waals surface area (Å²) in [6.45, 7) is 7.82. The Bertz CT molecular complexity index is 1320. The van der Waals surface area contributed by atoms with Crippen molar-refractivity contribution in [3.05, 3.63) is 52.0 Å². The highest BCUT2D eigenvalue weighted by atomic mass is 35.5. The van der Waals surface area contributed by atoms with E-state index in [0.717, 1.165) is 81.8 Å². The van der Waals surface area contributed by atoms with Crippen LogP contribution in [0, 0.1) is 0 Å². The Hall–Kier alpha value is -3.01. The van der Waals surface area contributed by atoms with Crippen LogP contribution in [0.3, 0.4) is 0 Å². The number of esters is 1. The topological polar surface area (TPSA) is 91.4 Å². The van der Waals surface area contributed by atoms with E-state index in [4.69, 9.17) is 32.7 Å². The molecule has 2 amide bonds. The fourth-order valence-electron chi connectivity index (χ4n) is 5.97.